The Labute approximate surface area is 83.1 Å². The van der Waals surface area contributed by atoms with E-state index in [4.69, 9.17) is 21.8 Å². The van der Waals surface area contributed by atoms with Gasteiger partial charge in [0.25, 0.3) is 0 Å². The maximum atomic E-state index is 6.06. The summed E-state index contributed by atoms with van der Waals surface area (Å²) in [6.07, 6.45) is 5.04. The molecular weight excluding hydrogens is 186 g/mol. The third kappa shape index (κ3) is 1.89. The summed E-state index contributed by atoms with van der Waals surface area (Å²) in [5, 5.41) is 0.434. The average molecular weight is 200 g/mol. The first-order valence-electron chi connectivity index (χ1n) is 4.78. The van der Waals surface area contributed by atoms with E-state index in [1.807, 2.05) is 6.07 Å². The van der Waals surface area contributed by atoms with Crippen LogP contribution in [0.4, 0.5) is 0 Å². The van der Waals surface area contributed by atoms with Gasteiger partial charge in [-0.3, -0.25) is 0 Å². The molecule has 0 unspecified atom stereocenters. The Bertz CT molecular complexity index is 278. The van der Waals surface area contributed by atoms with Gasteiger partial charge in [-0.15, -0.1) is 0 Å². The van der Waals surface area contributed by atoms with E-state index in [9.17, 15) is 0 Å². The summed E-state index contributed by atoms with van der Waals surface area (Å²) >= 11 is 5.69. The molecule has 0 aliphatic heterocycles. The summed E-state index contributed by atoms with van der Waals surface area (Å²) in [7, 11) is 0. The molecule has 1 heterocycles. The number of hydrogen-bond acceptors (Lipinski definition) is 2. The fourth-order valence-corrected chi connectivity index (χ4v) is 2.21. The van der Waals surface area contributed by atoms with Crippen molar-refractivity contribution in [3.05, 3.63) is 23.1 Å². The van der Waals surface area contributed by atoms with Gasteiger partial charge in [-0.2, -0.15) is 0 Å². The van der Waals surface area contributed by atoms with E-state index < -0.39 is 0 Å². The van der Waals surface area contributed by atoms with Crippen molar-refractivity contribution >= 4 is 11.6 Å². The third-order valence-corrected chi connectivity index (χ3v) is 3.03. The second-order valence-corrected chi connectivity index (χ2v) is 4.08. The summed E-state index contributed by atoms with van der Waals surface area (Å²) in [5.74, 6) is 1.42. The fourth-order valence-electron chi connectivity index (χ4n) is 2.06. The number of hydrogen-bond donors (Lipinski definition) is 1. The van der Waals surface area contributed by atoms with E-state index in [0.29, 0.717) is 11.1 Å². The minimum absolute atomic E-state index is 0.0370. The maximum absolute atomic E-state index is 6.06. The first-order valence-corrected chi connectivity index (χ1v) is 5.16. The molecule has 0 spiro atoms. The van der Waals surface area contributed by atoms with Gasteiger partial charge in [-0.1, -0.05) is 12.8 Å². The molecule has 1 fully saturated rings. The van der Waals surface area contributed by atoms with Crippen molar-refractivity contribution in [3.63, 3.8) is 0 Å². The van der Waals surface area contributed by atoms with Crippen molar-refractivity contribution < 1.29 is 4.42 Å². The van der Waals surface area contributed by atoms with E-state index in [1.165, 1.54) is 25.7 Å². The molecule has 0 bridgehead atoms. The molecule has 72 valence electrons. The average Bonchev–Trinajstić information content (AvgIpc) is 2.72. The van der Waals surface area contributed by atoms with Gasteiger partial charge in [0.05, 0.1) is 6.04 Å². The first kappa shape index (κ1) is 9.10. The molecule has 1 aliphatic carbocycles. The number of halogens is 1. The third-order valence-electron chi connectivity index (χ3n) is 2.83. The van der Waals surface area contributed by atoms with Gasteiger partial charge in [-0.25, -0.2) is 0 Å². The highest BCUT2D eigenvalue weighted by molar-refractivity contribution is 6.28. The lowest BCUT2D eigenvalue weighted by atomic mass is 9.97. The molecule has 2 N–H and O–H groups in total. The predicted molar refractivity (Wildman–Crippen MR) is 52.6 cm³/mol. The van der Waals surface area contributed by atoms with Gasteiger partial charge < -0.3 is 10.2 Å². The van der Waals surface area contributed by atoms with Crippen LogP contribution in [0.25, 0.3) is 0 Å². The zero-order valence-electron chi connectivity index (χ0n) is 7.50. The van der Waals surface area contributed by atoms with Crippen LogP contribution in [0.15, 0.2) is 16.5 Å². The van der Waals surface area contributed by atoms with Crippen molar-refractivity contribution in [1.29, 1.82) is 0 Å². The second-order valence-electron chi connectivity index (χ2n) is 3.71. The summed E-state index contributed by atoms with van der Waals surface area (Å²) < 4.78 is 5.30. The Kier molecular flexibility index (Phi) is 2.61. The monoisotopic (exact) mass is 199 g/mol. The summed E-state index contributed by atoms with van der Waals surface area (Å²) in [6.45, 7) is 0. The smallest absolute Gasteiger partial charge is 0.193 e. The molecule has 1 aromatic rings. The fraction of sp³-hybridized carbons (Fsp3) is 0.600. The van der Waals surface area contributed by atoms with Crippen LogP contribution >= 0.6 is 11.6 Å². The molecular formula is C10H14ClNO. The van der Waals surface area contributed by atoms with Crippen LogP contribution in [0.3, 0.4) is 0 Å². The first-order chi connectivity index (χ1) is 6.27. The Morgan fingerprint density at radius 3 is 2.62 bits per heavy atom. The van der Waals surface area contributed by atoms with Crippen molar-refractivity contribution in [2.45, 2.75) is 31.7 Å². The lowest BCUT2D eigenvalue weighted by molar-refractivity contribution is 0.370. The Hall–Kier alpha value is -0.470. The van der Waals surface area contributed by atoms with Gasteiger partial charge >= 0.3 is 0 Å². The predicted octanol–water partition coefficient (Wildman–Crippen LogP) is 3.12. The van der Waals surface area contributed by atoms with Gasteiger partial charge in [0, 0.05) is 0 Å². The molecule has 2 nitrogen and oxygen atoms in total. The molecule has 13 heavy (non-hydrogen) atoms. The molecule has 1 aromatic heterocycles. The second kappa shape index (κ2) is 3.72. The van der Waals surface area contributed by atoms with Gasteiger partial charge in [0.2, 0.25) is 0 Å². The van der Waals surface area contributed by atoms with Crippen LogP contribution < -0.4 is 5.73 Å². The Morgan fingerprint density at radius 1 is 1.38 bits per heavy atom. The van der Waals surface area contributed by atoms with Gasteiger partial charge in [0.15, 0.2) is 5.22 Å². The highest BCUT2D eigenvalue weighted by Crippen LogP contribution is 2.35. The largest absolute Gasteiger partial charge is 0.448 e. The quantitative estimate of drug-likeness (QED) is 0.795. The van der Waals surface area contributed by atoms with Crippen molar-refractivity contribution in [1.82, 2.24) is 0 Å². The number of furan rings is 1. The summed E-state index contributed by atoms with van der Waals surface area (Å²) in [6, 6.07) is 3.67. The van der Waals surface area contributed by atoms with Crippen molar-refractivity contribution in [2.24, 2.45) is 11.7 Å². The highest BCUT2D eigenvalue weighted by atomic mass is 35.5. The lowest BCUT2D eigenvalue weighted by Gasteiger charge is -2.15. The Morgan fingerprint density at radius 2 is 2.08 bits per heavy atom. The van der Waals surface area contributed by atoms with Crippen LogP contribution in [0.5, 0.6) is 0 Å². The molecule has 0 aromatic carbocycles. The molecule has 1 aliphatic rings. The zero-order chi connectivity index (χ0) is 9.26. The number of nitrogens with two attached hydrogens (primary N) is 1. The minimum Gasteiger partial charge on any atom is -0.448 e. The van der Waals surface area contributed by atoms with Crippen LogP contribution in [0.1, 0.15) is 37.5 Å². The van der Waals surface area contributed by atoms with Gasteiger partial charge in [0.1, 0.15) is 5.76 Å². The summed E-state index contributed by atoms with van der Waals surface area (Å²) in [4.78, 5) is 0. The van der Waals surface area contributed by atoms with E-state index in [1.54, 1.807) is 6.07 Å². The van der Waals surface area contributed by atoms with Crippen LogP contribution in [-0.4, -0.2) is 0 Å². The van der Waals surface area contributed by atoms with E-state index in [-0.39, 0.29) is 6.04 Å². The normalized spacial score (nSPS) is 20.8. The van der Waals surface area contributed by atoms with E-state index in [0.717, 1.165) is 5.76 Å². The van der Waals surface area contributed by atoms with Crippen LogP contribution in [0.2, 0.25) is 5.22 Å². The lowest BCUT2D eigenvalue weighted by Crippen LogP contribution is -2.18. The van der Waals surface area contributed by atoms with Crippen LogP contribution in [0, 0.1) is 5.92 Å². The van der Waals surface area contributed by atoms with Gasteiger partial charge in [-0.05, 0) is 42.5 Å². The van der Waals surface area contributed by atoms with E-state index >= 15 is 0 Å². The molecule has 1 atom stereocenters. The molecule has 0 saturated heterocycles. The SMILES string of the molecule is N[C@H](c1ccc(Cl)o1)C1CCCC1. The Balaban J connectivity index is 2.07. The number of rotatable bonds is 2. The standard InChI is InChI=1S/C10H14ClNO/c11-9-6-5-8(13-9)10(12)7-3-1-2-4-7/h5-7,10H,1-4,12H2/t10-/m0/s1. The summed E-state index contributed by atoms with van der Waals surface area (Å²) in [5.41, 5.74) is 6.06. The van der Waals surface area contributed by atoms with Crippen molar-refractivity contribution in [2.75, 3.05) is 0 Å². The maximum Gasteiger partial charge on any atom is 0.193 e. The molecule has 2 rings (SSSR count). The van der Waals surface area contributed by atoms with E-state index in [2.05, 4.69) is 0 Å². The molecule has 3 heteroatoms. The van der Waals surface area contributed by atoms with Crippen molar-refractivity contribution in [3.8, 4) is 0 Å². The molecule has 0 amide bonds. The highest BCUT2D eigenvalue weighted by Gasteiger charge is 2.25. The zero-order valence-corrected chi connectivity index (χ0v) is 8.26. The molecule has 0 radical (unpaired) electrons. The minimum atomic E-state index is 0.0370. The molecule has 1 saturated carbocycles. The van der Waals surface area contributed by atoms with Crippen LogP contribution in [-0.2, 0) is 0 Å². The topological polar surface area (TPSA) is 39.2 Å².